The van der Waals surface area contributed by atoms with Crippen molar-refractivity contribution in [1.82, 2.24) is 10.2 Å². The lowest BCUT2D eigenvalue weighted by atomic mass is 10.3. The Morgan fingerprint density at radius 3 is 2.67 bits per heavy atom. The lowest BCUT2D eigenvalue weighted by molar-refractivity contribution is 0.798. The predicted molar refractivity (Wildman–Crippen MR) is 66.1 cm³/mol. The third kappa shape index (κ3) is 3.79. The van der Waals surface area contributed by atoms with E-state index in [1.54, 1.807) is 0 Å². The van der Waals surface area contributed by atoms with Crippen molar-refractivity contribution in [2.45, 2.75) is 20.3 Å². The first-order chi connectivity index (χ1) is 7.13. The van der Waals surface area contributed by atoms with E-state index in [9.17, 15) is 0 Å². The number of aryl methyl sites for hydroxylation is 1. The van der Waals surface area contributed by atoms with Gasteiger partial charge in [0.2, 0.25) is 0 Å². The minimum Gasteiger partial charge on any atom is -0.393 e. The smallest absolute Gasteiger partial charge is 0.151 e. The zero-order valence-electron chi connectivity index (χ0n) is 9.10. The van der Waals surface area contributed by atoms with Crippen molar-refractivity contribution in [1.29, 1.82) is 0 Å². The zero-order valence-corrected chi connectivity index (χ0v) is 9.92. The van der Waals surface area contributed by atoms with Gasteiger partial charge in [-0.15, -0.1) is 5.10 Å². The maximum Gasteiger partial charge on any atom is 0.151 e. The molecule has 2 N–H and O–H groups in total. The molecule has 1 rings (SSSR count). The molecule has 82 valence electrons. The first-order valence-corrected chi connectivity index (χ1v) is 5.38. The summed E-state index contributed by atoms with van der Waals surface area (Å²) >= 11 is 4.85. The monoisotopic (exact) mass is 224 g/mol. The highest BCUT2D eigenvalue weighted by atomic mass is 32.1. The standard InChI is InChI=1S/C10H16N4S/c1-3-14(7-6-9(11)15)10-5-4-8(2)12-13-10/h4-5H,3,6-7H2,1-2H3,(H2,11,15). The van der Waals surface area contributed by atoms with Gasteiger partial charge in [0.25, 0.3) is 0 Å². The van der Waals surface area contributed by atoms with Crippen molar-refractivity contribution in [2.24, 2.45) is 5.73 Å². The number of thiocarbonyl (C=S) groups is 1. The van der Waals surface area contributed by atoms with Crippen LogP contribution in [0.4, 0.5) is 5.82 Å². The van der Waals surface area contributed by atoms with E-state index in [-0.39, 0.29) is 0 Å². The van der Waals surface area contributed by atoms with Crippen molar-refractivity contribution < 1.29 is 0 Å². The molecule has 0 aliphatic heterocycles. The summed E-state index contributed by atoms with van der Waals surface area (Å²) in [5.41, 5.74) is 6.39. The van der Waals surface area contributed by atoms with Gasteiger partial charge in [-0.25, -0.2) is 0 Å². The van der Waals surface area contributed by atoms with Gasteiger partial charge < -0.3 is 10.6 Å². The van der Waals surface area contributed by atoms with Crippen LogP contribution in [0.3, 0.4) is 0 Å². The van der Waals surface area contributed by atoms with Crippen molar-refractivity contribution >= 4 is 23.0 Å². The van der Waals surface area contributed by atoms with Crippen LogP contribution in [0.1, 0.15) is 19.0 Å². The van der Waals surface area contributed by atoms with Crippen LogP contribution in [-0.4, -0.2) is 28.3 Å². The highest BCUT2D eigenvalue weighted by molar-refractivity contribution is 7.80. The lowest BCUT2D eigenvalue weighted by Gasteiger charge is -2.20. The summed E-state index contributed by atoms with van der Waals surface area (Å²) in [6.07, 6.45) is 0.707. The predicted octanol–water partition coefficient (Wildman–Crippen LogP) is 1.29. The molecule has 0 aliphatic rings. The summed E-state index contributed by atoms with van der Waals surface area (Å²) in [6, 6.07) is 3.91. The third-order valence-corrected chi connectivity index (χ3v) is 2.32. The first kappa shape index (κ1) is 11.8. The largest absolute Gasteiger partial charge is 0.393 e. The molecule has 0 unspecified atom stereocenters. The third-order valence-electron chi connectivity index (χ3n) is 2.12. The van der Waals surface area contributed by atoms with Crippen LogP contribution in [0.2, 0.25) is 0 Å². The van der Waals surface area contributed by atoms with Gasteiger partial charge >= 0.3 is 0 Å². The van der Waals surface area contributed by atoms with Crippen LogP contribution < -0.4 is 10.6 Å². The molecule has 15 heavy (non-hydrogen) atoms. The molecule has 5 heteroatoms. The van der Waals surface area contributed by atoms with Gasteiger partial charge in [0.05, 0.1) is 10.7 Å². The van der Waals surface area contributed by atoms with Crippen LogP contribution in [0.25, 0.3) is 0 Å². The number of aromatic nitrogens is 2. The maximum atomic E-state index is 5.47. The molecule has 0 bridgehead atoms. The molecule has 0 radical (unpaired) electrons. The van der Waals surface area contributed by atoms with Crippen LogP contribution in [-0.2, 0) is 0 Å². The average molecular weight is 224 g/mol. The molecular formula is C10H16N4S. The van der Waals surface area contributed by atoms with Gasteiger partial charge in [0, 0.05) is 19.5 Å². The van der Waals surface area contributed by atoms with Crippen LogP contribution >= 0.6 is 12.2 Å². The number of nitrogens with zero attached hydrogens (tertiary/aromatic N) is 3. The Bertz CT molecular complexity index is 323. The van der Waals surface area contributed by atoms with Crippen molar-refractivity contribution in [2.75, 3.05) is 18.0 Å². The van der Waals surface area contributed by atoms with Gasteiger partial charge in [-0.2, -0.15) is 5.10 Å². The molecular weight excluding hydrogens is 208 g/mol. The van der Waals surface area contributed by atoms with Gasteiger partial charge in [-0.1, -0.05) is 12.2 Å². The summed E-state index contributed by atoms with van der Waals surface area (Å²) in [4.78, 5) is 2.64. The second-order valence-corrected chi connectivity index (χ2v) is 3.85. The van der Waals surface area contributed by atoms with E-state index in [2.05, 4.69) is 22.0 Å². The normalized spacial score (nSPS) is 10.0. The fourth-order valence-corrected chi connectivity index (χ4v) is 1.33. The number of anilines is 1. The molecule has 0 saturated heterocycles. The van der Waals surface area contributed by atoms with E-state index in [4.69, 9.17) is 18.0 Å². The van der Waals surface area contributed by atoms with Crippen molar-refractivity contribution in [3.63, 3.8) is 0 Å². The molecule has 0 atom stereocenters. The summed E-state index contributed by atoms with van der Waals surface area (Å²) in [7, 11) is 0. The highest BCUT2D eigenvalue weighted by Gasteiger charge is 2.05. The Balaban J connectivity index is 2.65. The van der Waals surface area contributed by atoms with Crippen LogP contribution in [0.15, 0.2) is 12.1 Å². The SMILES string of the molecule is CCN(CCC(N)=S)c1ccc(C)nn1. The highest BCUT2D eigenvalue weighted by Crippen LogP contribution is 2.09. The Morgan fingerprint density at radius 1 is 1.47 bits per heavy atom. The van der Waals surface area contributed by atoms with Crippen LogP contribution in [0.5, 0.6) is 0 Å². The average Bonchev–Trinajstić information content (AvgIpc) is 2.21. The maximum absolute atomic E-state index is 5.47. The Kier molecular flexibility index (Phi) is 4.42. The molecule has 0 aromatic carbocycles. The van der Waals surface area contributed by atoms with E-state index < -0.39 is 0 Å². The van der Waals surface area contributed by atoms with E-state index >= 15 is 0 Å². The second kappa shape index (κ2) is 5.60. The summed E-state index contributed by atoms with van der Waals surface area (Å²) in [5.74, 6) is 0.874. The summed E-state index contributed by atoms with van der Waals surface area (Å²) in [6.45, 7) is 5.66. The number of rotatable bonds is 5. The number of hydrogen-bond acceptors (Lipinski definition) is 4. The zero-order chi connectivity index (χ0) is 11.3. The number of nitrogens with two attached hydrogens (primary N) is 1. The lowest BCUT2D eigenvalue weighted by Crippen LogP contribution is -2.28. The quantitative estimate of drug-likeness (QED) is 0.764. The molecule has 0 amide bonds. The van der Waals surface area contributed by atoms with Gasteiger partial charge in [-0.3, -0.25) is 0 Å². The molecule has 1 aromatic rings. The molecule has 0 saturated carbocycles. The summed E-state index contributed by atoms with van der Waals surface area (Å²) < 4.78 is 0. The van der Waals surface area contributed by atoms with Crippen molar-refractivity contribution in [3.05, 3.63) is 17.8 Å². The number of hydrogen-bond donors (Lipinski definition) is 1. The minimum atomic E-state index is 0.536. The molecule has 0 spiro atoms. The van der Waals surface area contributed by atoms with Crippen molar-refractivity contribution in [3.8, 4) is 0 Å². The molecule has 0 aliphatic carbocycles. The van der Waals surface area contributed by atoms with Gasteiger partial charge in [0.1, 0.15) is 0 Å². The Morgan fingerprint density at radius 2 is 2.20 bits per heavy atom. The van der Waals surface area contributed by atoms with Gasteiger partial charge in [0.15, 0.2) is 5.82 Å². The molecule has 1 heterocycles. The second-order valence-electron chi connectivity index (χ2n) is 3.33. The fourth-order valence-electron chi connectivity index (χ4n) is 1.24. The van der Waals surface area contributed by atoms with E-state index in [0.717, 1.165) is 24.6 Å². The fraction of sp³-hybridized carbons (Fsp3) is 0.500. The van der Waals surface area contributed by atoms with Gasteiger partial charge in [-0.05, 0) is 26.0 Å². The first-order valence-electron chi connectivity index (χ1n) is 4.97. The Hall–Kier alpha value is -1.23. The molecule has 1 aromatic heterocycles. The Labute approximate surface area is 95.5 Å². The van der Waals surface area contributed by atoms with E-state index in [0.29, 0.717) is 11.4 Å². The van der Waals surface area contributed by atoms with E-state index in [1.807, 2.05) is 19.1 Å². The minimum absolute atomic E-state index is 0.536. The molecule has 4 nitrogen and oxygen atoms in total. The van der Waals surface area contributed by atoms with Crippen LogP contribution in [0, 0.1) is 6.92 Å². The topological polar surface area (TPSA) is 55.0 Å². The molecule has 0 fully saturated rings. The van der Waals surface area contributed by atoms with E-state index in [1.165, 1.54) is 0 Å². The summed E-state index contributed by atoms with van der Waals surface area (Å²) in [5, 5.41) is 8.14.